The molecule has 1 saturated carbocycles. The molecule has 150 valence electrons. The van der Waals surface area contributed by atoms with Gasteiger partial charge in [-0.3, -0.25) is 9.89 Å². The summed E-state index contributed by atoms with van der Waals surface area (Å²) in [5.41, 5.74) is 1.41. The molecule has 1 aliphatic heterocycles. The summed E-state index contributed by atoms with van der Waals surface area (Å²) in [7, 11) is -3.15. The SMILES string of the molecule is CCc1nc(-c2ccc(C(=O)N3CCS(=O)(=O)C4(CCCCC4)C3)cc2)n[nH]1. The Hall–Kier alpha value is -2.22. The molecule has 8 heteroatoms. The molecule has 1 N–H and O–H groups in total. The van der Waals surface area contributed by atoms with Crippen LogP contribution in [0.15, 0.2) is 24.3 Å². The number of carbonyl (C=O) groups excluding carboxylic acids is 1. The smallest absolute Gasteiger partial charge is 0.253 e. The summed E-state index contributed by atoms with van der Waals surface area (Å²) in [5.74, 6) is 1.40. The Bertz CT molecular complexity index is 960. The fraction of sp³-hybridized carbons (Fsp3) is 0.550. The minimum absolute atomic E-state index is 0.0633. The lowest BCUT2D eigenvalue weighted by Gasteiger charge is -2.44. The molecule has 0 unspecified atom stereocenters. The highest BCUT2D eigenvalue weighted by Crippen LogP contribution is 2.39. The van der Waals surface area contributed by atoms with E-state index in [-0.39, 0.29) is 18.2 Å². The fourth-order valence-corrected chi connectivity index (χ4v) is 6.49. The van der Waals surface area contributed by atoms with Crippen molar-refractivity contribution in [3.63, 3.8) is 0 Å². The van der Waals surface area contributed by atoms with Crippen molar-refractivity contribution in [3.05, 3.63) is 35.7 Å². The van der Waals surface area contributed by atoms with Crippen molar-refractivity contribution in [3.8, 4) is 11.4 Å². The Labute approximate surface area is 165 Å². The second-order valence-corrected chi connectivity index (χ2v) is 10.3. The van der Waals surface area contributed by atoms with Gasteiger partial charge in [0, 0.05) is 30.6 Å². The summed E-state index contributed by atoms with van der Waals surface area (Å²) in [6.07, 6.45) is 5.04. The van der Waals surface area contributed by atoms with Crippen molar-refractivity contribution in [2.45, 2.75) is 50.2 Å². The number of benzene rings is 1. The van der Waals surface area contributed by atoms with Gasteiger partial charge >= 0.3 is 0 Å². The molecule has 2 aromatic rings. The minimum Gasteiger partial charge on any atom is -0.336 e. The molecule has 0 bridgehead atoms. The first-order valence-electron chi connectivity index (χ1n) is 9.97. The third kappa shape index (κ3) is 3.34. The van der Waals surface area contributed by atoms with E-state index in [1.165, 1.54) is 0 Å². The number of H-pyrrole nitrogens is 1. The number of aromatic amines is 1. The molecule has 1 aliphatic carbocycles. The summed E-state index contributed by atoms with van der Waals surface area (Å²) in [5, 5.41) is 7.09. The van der Waals surface area contributed by atoms with Crippen LogP contribution in [-0.4, -0.2) is 58.0 Å². The molecule has 1 aromatic carbocycles. The molecule has 2 fully saturated rings. The molecular weight excluding hydrogens is 376 g/mol. The van der Waals surface area contributed by atoms with Gasteiger partial charge in [-0.2, -0.15) is 5.10 Å². The molecule has 0 atom stereocenters. The number of hydrogen-bond acceptors (Lipinski definition) is 5. The summed E-state index contributed by atoms with van der Waals surface area (Å²) >= 11 is 0. The number of rotatable bonds is 3. The van der Waals surface area contributed by atoms with Gasteiger partial charge in [0.05, 0.1) is 10.5 Å². The van der Waals surface area contributed by atoms with Crippen LogP contribution in [0.25, 0.3) is 11.4 Å². The van der Waals surface area contributed by atoms with Crippen LogP contribution < -0.4 is 0 Å². The van der Waals surface area contributed by atoms with Crippen LogP contribution in [0.5, 0.6) is 0 Å². The predicted octanol–water partition coefficient (Wildman–Crippen LogP) is 2.61. The largest absolute Gasteiger partial charge is 0.336 e. The molecule has 1 spiro atoms. The molecule has 28 heavy (non-hydrogen) atoms. The number of amides is 1. The minimum atomic E-state index is -3.15. The third-order valence-electron chi connectivity index (χ3n) is 6.08. The van der Waals surface area contributed by atoms with Gasteiger partial charge in [0.1, 0.15) is 5.82 Å². The van der Waals surface area contributed by atoms with Crippen molar-refractivity contribution < 1.29 is 13.2 Å². The van der Waals surface area contributed by atoms with E-state index in [0.29, 0.717) is 30.8 Å². The first-order chi connectivity index (χ1) is 13.4. The summed E-state index contributed by atoms with van der Waals surface area (Å²) in [6.45, 7) is 2.59. The lowest BCUT2D eigenvalue weighted by molar-refractivity contribution is 0.0723. The summed E-state index contributed by atoms with van der Waals surface area (Å²) in [4.78, 5) is 19.2. The lowest BCUT2D eigenvalue weighted by Crippen LogP contribution is -2.58. The van der Waals surface area contributed by atoms with E-state index in [1.54, 1.807) is 17.0 Å². The monoisotopic (exact) mass is 402 g/mol. The first-order valence-corrected chi connectivity index (χ1v) is 11.6. The average Bonchev–Trinajstić information content (AvgIpc) is 3.20. The zero-order valence-corrected chi connectivity index (χ0v) is 17.0. The second-order valence-electron chi connectivity index (χ2n) is 7.83. The van der Waals surface area contributed by atoms with E-state index >= 15 is 0 Å². The maximum absolute atomic E-state index is 13.0. The van der Waals surface area contributed by atoms with E-state index in [2.05, 4.69) is 15.2 Å². The van der Waals surface area contributed by atoms with Gasteiger partial charge in [0.25, 0.3) is 5.91 Å². The molecule has 1 saturated heterocycles. The van der Waals surface area contributed by atoms with Crippen LogP contribution in [0, 0.1) is 0 Å². The van der Waals surface area contributed by atoms with Crippen molar-refractivity contribution in [1.29, 1.82) is 0 Å². The Morgan fingerprint density at radius 1 is 1.18 bits per heavy atom. The predicted molar refractivity (Wildman–Crippen MR) is 107 cm³/mol. The molecular formula is C20H26N4O3S. The number of carbonyl (C=O) groups is 1. The molecule has 4 rings (SSSR count). The van der Waals surface area contributed by atoms with Crippen LogP contribution in [-0.2, 0) is 16.3 Å². The quantitative estimate of drug-likeness (QED) is 0.851. The van der Waals surface area contributed by atoms with Gasteiger partial charge in [-0.25, -0.2) is 13.4 Å². The van der Waals surface area contributed by atoms with E-state index < -0.39 is 14.6 Å². The molecule has 1 aromatic heterocycles. The fourth-order valence-electron chi connectivity index (χ4n) is 4.34. The average molecular weight is 403 g/mol. The standard InChI is InChI=1S/C20H26N4O3S/c1-2-17-21-18(23-22-17)15-6-8-16(9-7-15)19(25)24-12-13-28(26,27)20(14-24)10-4-3-5-11-20/h6-9H,2-5,10-14H2,1H3,(H,21,22,23). The second kappa shape index (κ2) is 7.31. The van der Waals surface area contributed by atoms with Gasteiger partial charge in [-0.05, 0) is 25.0 Å². The van der Waals surface area contributed by atoms with Crippen molar-refractivity contribution >= 4 is 15.7 Å². The van der Waals surface area contributed by atoms with Crippen molar-refractivity contribution in [2.75, 3.05) is 18.8 Å². The van der Waals surface area contributed by atoms with Crippen LogP contribution in [0.2, 0.25) is 0 Å². The van der Waals surface area contributed by atoms with Gasteiger partial charge in [0.2, 0.25) is 0 Å². The van der Waals surface area contributed by atoms with Crippen LogP contribution >= 0.6 is 0 Å². The highest BCUT2D eigenvalue weighted by molar-refractivity contribution is 7.92. The number of nitrogens with zero attached hydrogens (tertiary/aromatic N) is 3. The molecule has 7 nitrogen and oxygen atoms in total. The van der Waals surface area contributed by atoms with Crippen molar-refractivity contribution in [1.82, 2.24) is 20.1 Å². The maximum Gasteiger partial charge on any atom is 0.253 e. The number of hydrogen-bond donors (Lipinski definition) is 1. The number of sulfone groups is 1. The number of nitrogens with one attached hydrogen (secondary N) is 1. The van der Waals surface area contributed by atoms with Gasteiger partial charge in [-0.1, -0.05) is 38.3 Å². The van der Waals surface area contributed by atoms with Crippen LogP contribution in [0.1, 0.15) is 55.2 Å². The zero-order valence-electron chi connectivity index (χ0n) is 16.1. The molecule has 2 aliphatic rings. The van der Waals surface area contributed by atoms with E-state index in [4.69, 9.17) is 0 Å². The maximum atomic E-state index is 13.0. The van der Waals surface area contributed by atoms with Crippen LogP contribution in [0.3, 0.4) is 0 Å². The van der Waals surface area contributed by atoms with E-state index in [9.17, 15) is 13.2 Å². The van der Waals surface area contributed by atoms with E-state index in [0.717, 1.165) is 37.1 Å². The molecule has 0 radical (unpaired) electrons. The molecule has 1 amide bonds. The Morgan fingerprint density at radius 2 is 1.89 bits per heavy atom. The van der Waals surface area contributed by atoms with Gasteiger partial charge in [-0.15, -0.1) is 0 Å². The van der Waals surface area contributed by atoms with E-state index in [1.807, 2.05) is 19.1 Å². The normalized spacial score (nSPS) is 21.0. The first kappa shape index (κ1) is 19.1. The highest BCUT2D eigenvalue weighted by Gasteiger charge is 2.49. The number of aryl methyl sites for hydroxylation is 1. The van der Waals surface area contributed by atoms with Crippen molar-refractivity contribution in [2.24, 2.45) is 0 Å². The van der Waals surface area contributed by atoms with Crippen LogP contribution in [0.4, 0.5) is 0 Å². The topological polar surface area (TPSA) is 96.0 Å². The molecule has 2 heterocycles. The van der Waals surface area contributed by atoms with Gasteiger partial charge in [0.15, 0.2) is 15.7 Å². The third-order valence-corrected chi connectivity index (χ3v) is 8.65. The van der Waals surface area contributed by atoms with Gasteiger partial charge < -0.3 is 4.90 Å². The Balaban J connectivity index is 1.52. The zero-order chi connectivity index (χ0) is 19.8. The lowest BCUT2D eigenvalue weighted by atomic mass is 9.87. The Kier molecular flexibility index (Phi) is 4.99. The highest BCUT2D eigenvalue weighted by atomic mass is 32.2. The number of aromatic nitrogens is 3. The Morgan fingerprint density at radius 3 is 2.54 bits per heavy atom. The summed E-state index contributed by atoms with van der Waals surface area (Å²) in [6, 6.07) is 7.23. The summed E-state index contributed by atoms with van der Waals surface area (Å²) < 4.78 is 24.7.